The maximum absolute atomic E-state index is 13.2. The van der Waals surface area contributed by atoms with Crippen LogP contribution >= 0.6 is 0 Å². The number of carboxylic acids is 1. The van der Waals surface area contributed by atoms with Crippen molar-refractivity contribution in [3.8, 4) is 0 Å². The Labute approximate surface area is 112 Å². The maximum atomic E-state index is 13.2. The number of carboxylic acid groups (broad SMARTS) is 1. The van der Waals surface area contributed by atoms with Crippen molar-refractivity contribution in [1.82, 2.24) is 5.32 Å². The average Bonchev–Trinajstić information content (AvgIpc) is 2.76. The van der Waals surface area contributed by atoms with Gasteiger partial charge < -0.3 is 10.4 Å². The van der Waals surface area contributed by atoms with Crippen LogP contribution in [0.15, 0.2) is 24.3 Å². The first-order valence-electron chi connectivity index (χ1n) is 6.02. The maximum Gasteiger partial charge on any atom is 0.406 e. The minimum Gasteiger partial charge on any atom is -0.481 e. The van der Waals surface area contributed by atoms with Crippen LogP contribution in [0.4, 0.5) is 17.6 Å². The summed E-state index contributed by atoms with van der Waals surface area (Å²) in [6.07, 6.45) is -4.91. The lowest BCUT2D eigenvalue weighted by molar-refractivity contribution is -0.236. The standard InChI is InChI=1S/C13H13F4NO2/c14-10-3-1-8(2-4-10)5-9-6-18-7-12(9,11(19)20)13(15,16)17/h1-4,9,18H,5-7H2,(H,19,20)/t9-,12-/m0/s1. The number of alkyl halides is 3. The Morgan fingerprint density at radius 1 is 1.35 bits per heavy atom. The molecule has 0 saturated carbocycles. The van der Waals surface area contributed by atoms with Crippen LogP contribution in [0.3, 0.4) is 0 Å². The van der Waals surface area contributed by atoms with Crippen molar-refractivity contribution >= 4 is 5.97 Å². The van der Waals surface area contributed by atoms with Crippen molar-refractivity contribution in [2.75, 3.05) is 13.1 Å². The highest BCUT2D eigenvalue weighted by atomic mass is 19.4. The summed E-state index contributed by atoms with van der Waals surface area (Å²) < 4.78 is 52.4. The molecule has 1 saturated heterocycles. The molecule has 1 heterocycles. The van der Waals surface area contributed by atoms with Gasteiger partial charge in [-0.25, -0.2) is 4.39 Å². The van der Waals surface area contributed by atoms with Gasteiger partial charge in [0.25, 0.3) is 0 Å². The second-order valence-corrected chi connectivity index (χ2v) is 4.93. The number of benzene rings is 1. The summed E-state index contributed by atoms with van der Waals surface area (Å²) in [4.78, 5) is 11.2. The van der Waals surface area contributed by atoms with Crippen molar-refractivity contribution in [2.45, 2.75) is 12.6 Å². The third-order valence-corrected chi connectivity index (χ3v) is 3.77. The van der Waals surface area contributed by atoms with Crippen molar-refractivity contribution in [3.05, 3.63) is 35.6 Å². The molecular weight excluding hydrogens is 278 g/mol. The number of hydrogen-bond donors (Lipinski definition) is 2. The highest BCUT2D eigenvalue weighted by Crippen LogP contribution is 2.47. The topological polar surface area (TPSA) is 49.3 Å². The fraction of sp³-hybridized carbons (Fsp3) is 0.462. The molecule has 1 aromatic rings. The lowest BCUT2D eigenvalue weighted by atomic mass is 9.74. The van der Waals surface area contributed by atoms with Crippen molar-refractivity contribution in [1.29, 1.82) is 0 Å². The van der Waals surface area contributed by atoms with E-state index in [1.165, 1.54) is 12.1 Å². The van der Waals surface area contributed by atoms with E-state index < -0.39 is 35.8 Å². The Bertz CT molecular complexity index is 500. The molecule has 1 aliphatic rings. The summed E-state index contributed by atoms with van der Waals surface area (Å²) in [6.45, 7) is -0.680. The summed E-state index contributed by atoms with van der Waals surface area (Å²) in [6, 6.07) is 5.04. The van der Waals surface area contributed by atoms with Gasteiger partial charge in [0, 0.05) is 12.5 Å². The third-order valence-electron chi connectivity index (χ3n) is 3.77. The molecule has 110 valence electrons. The van der Waals surface area contributed by atoms with E-state index in [0.29, 0.717) is 5.56 Å². The Kier molecular flexibility index (Phi) is 3.73. The highest BCUT2D eigenvalue weighted by Gasteiger charge is 2.66. The van der Waals surface area contributed by atoms with E-state index in [2.05, 4.69) is 5.32 Å². The summed E-state index contributed by atoms with van der Waals surface area (Å²) >= 11 is 0. The van der Waals surface area contributed by atoms with Crippen LogP contribution in [0.25, 0.3) is 0 Å². The van der Waals surface area contributed by atoms with Gasteiger partial charge in [-0.2, -0.15) is 13.2 Å². The van der Waals surface area contributed by atoms with Gasteiger partial charge in [0.1, 0.15) is 5.82 Å². The number of nitrogens with one attached hydrogen (secondary N) is 1. The van der Waals surface area contributed by atoms with Crippen molar-refractivity contribution < 1.29 is 27.5 Å². The van der Waals surface area contributed by atoms with Crippen LogP contribution in [0.2, 0.25) is 0 Å². The minimum atomic E-state index is -4.84. The number of rotatable bonds is 3. The van der Waals surface area contributed by atoms with E-state index in [0.717, 1.165) is 12.1 Å². The summed E-state index contributed by atoms with van der Waals surface area (Å²) in [5.41, 5.74) is -2.31. The van der Waals surface area contributed by atoms with E-state index in [9.17, 15) is 22.4 Å². The average molecular weight is 291 g/mol. The molecule has 2 atom stereocenters. The normalized spacial score (nSPS) is 26.7. The molecule has 1 aliphatic heterocycles. The molecule has 2 rings (SSSR count). The van der Waals surface area contributed by atoms with Gasteiger partial charge in [0.2, 0.25) is 0 Å². The van der Waals surface area contributed by atoms with Crippen LogP contribution in [-0.4, -0.2) is 30.3 Å². The molecule has 3 nitrogen and oxygen atoms in total. The first kappa shape index (κ1) is 14.8. The molecule has 1 fully saturated rings. The molecule has 7 heteroatoms. The Morgan fingerprint density at radius 3 is 2.45 bits per heavy atom. The third kappa shape index (κ3) is 2.37. The zero-order chi connectivity index (χ0) is 15.0. The van der Waals surface area contributed by atoms with Crippen molar-refractivity contribution in [3.63, 3.8) is 0 Å². The predicted octanol–water partition coefficient (Wildman–Crippen LogP) is 2.22. The monoisotopic (exact) mass is 291 g/mol. The summed E-state index contributed by atoms with van der Waals surface area (Å²) in [7, 11) is 0. The summed E-state index contributed by atoms with van der Waals surface area (Å²) in [5.74, 6) is -3.48. The lowest BCUT2D eigenvalue weighted by Gasteiger charge is -2.32. The van der Waals surface area contributed by atoms with Crippen molar-refractivity contribution in [2.24, 2.45) is 11.3 Å². The van der Waals surface area contributed by atoms with E-state index >= 15 is 0 Å². The largest absolute Gasteiger partial charge is 0.481 e. The fourth-order valence-corrected chi connectivity index (χ4v) is 2.62. The molecule has 0 radical (unpaired) electrons. The van der Waals surface area contributed by atoms with E-state index in [1.807, 2.05) is 0 Å². The second-order valence-electron chi connectivity index (χ2n) is 4.93. The Morgan fingerprint density at radius 2 is 1.95 bits per heavy atom. The molecule has 0 spiro atoms. The molecule has 0 unspecified atom stereocenters. The van der Waals surface area contributed by atoms with Gasteiger partial charge in [-0.05, 0) is 30.7 Å². The Hall–Kier alpha value is -1.63. The molecule has 1 aromatic carbocycles. The quantitative estimate of drug-likeness (QED) is 0.840. The fourth-order valence-electron chi connectivity index (χ4n) is 2.62. The van der Waals surface area contributed by atoms with Crippen LogP contribution in [-0.2, 0) is 11.2 Å². The molecule has 20 heavy (non-hydrogen) atoms. The molecular formula is C13H13F4NO2. The second kappa shape index (κ2) is 5.05. The number of halogens is 4. The highest BCUT2D eigenvalue weighted by molar-refractivity contribution is 5.77. The van der Waals surface area contributed by atoms with Gasteiger partial charge >= 0.3 is 12.1 Å². The van der Waals surface area contributed by atoms with Crippen LogP contribution in [0.5, 0.6) is 0 Å². The van der Waals surface area contributed by atoms with Crippen LogP contribution in [0, 0.1) is 17.2 Å². The van der Waals surface area contributed by atoms with Gasteiger partial charge in [0.15, 0.2) is 5.41 Å². The van der Waals surface area contributed by atoms with E-state index in [-0.39, 0.29) is 13.0 Å². The van der Waals surface area contributed by atoms with Gasteiger partial charge in [-0.15, -0.1) is 0 Å². The first-order chi connectivity index (χ1) is 9.27. The zero-order valence-corrected chi connectivity index (χ0v) is 10.4. The van der Waals surface area contributed by atoms with E-state index in [4.69, 9.17) is 5.11 Å². The molecule has 0 amide bonds. The van der Waals surface area contributed by atoms with Gasteiger partial charge in [0.05, 0.1) is 0 Å². The molecule has 0 bridgehead atoms. The lowest BCUT2D eigenvalue weighted by Crippen LogP contribution is -2.51. The number of carbonyl (C=O) groups is 1. The number of hydrogen-bond acceptors (Lipinski definition) is 2. The van der Waals surface area contributed by atoms with Gasteiger partial charge in [-0.1, -0.05) is 12.1 Å². The SMILES string of the molecule is O=C(O)[C@]1(C(F)(F)F)CNC[C@@H]1Cc1ccc(F)cc1. The smallest absolute Gasteiger partial charge is 0.406 e. The van der Waals surface area contributed by atoms with Crippen LogP contribution < -0.4 is 5.32 Å². The Balaban J connectivity index is 2.30. The molecule has 2 N–H and O–H groups in total. The minimum absolute atomic E-state index is 0.0385. The van der Waals surface area contributed by atoms with E-state index in [1.54, 1.807) is 0 Å². The molecule has 0 aliphatic carbocycles. The predicted molar refractivity (Wildman–Crippen MR) is 62.6 cm³/mol. The first-order valence-corrected chi connectivity index (χ1v) is 6.02. The zero-order valence-electron chi connectivity index (χ0n) is 10.4. The van der Waals surface area contributed by atoms with Gasteiger partial charge in [-0.3, -0.25) is 4.79 Å². The number of aliphatic carboxylic acids is 1. The summed E-state index contributed by atoms with van der Waals surface area (Å²) in [5, 5.41) is 11.6. The van der Waals surface area contributed by atoms with Crippen LogP contribution in [0.1, 0.15) is 5.56 Å². The molecule has 0 aromatic heterocycles.